The minimum absolute atomic E-state index is 0.000435. The number of alkyl halides is 3. The number of carboxylic acids is 1. The van der Waals surface area contributed by atoms with Crippen LogP contribution in [0.15, 0.2) is 36.5 Å². The number of nitrogen functional groups attached to an aromatic ring is 1. The van der Waals surface area contributed by atoms with Crippen LogP contribution in [0.1, 0.15) is 15.9 Å². The van der Waals surface area contributed by atoms with Gasteiger partial charge in [0.25, 0.3) is 0 Å². The lowest BCUT2D eigenvalue weighted by atomic mass is 10.2. The van der Waals surface area contributed by atoms with Crippen LogP contribution in [-0.2, 0) is 6.18 Å². The van der Waals surface area contributed by atoms with E-state index < -0.39 is 17.7 Å². The van der Waals surface area contributed by atoms with Crippen LogP contribution in [0, 0.1) is 0 Å². The van der Waals surface area contributed by atoms with Crippen molar-refractivity contribution in [3.63, 3.8) is 0 Å². The number of benzene rings is 1. The maximum atomic E-state index is 12.4. The molecule has 2 rings (SSSR count). The van der Waals surface area contributed by atoms with Crippen LogP contribution in [0.4, 0.5) is 30.4 Å². The molecule has 0 saturated heterocycles. The summed E-state index contributed by atoms with van der Waals surface area (Å²) >= 11 is 0. The predicted octanol–water partition coefficient (Wildman–Crippen LogP) is 3.12. The van der Waals surface area contributed by atoms with E-state index in [0.29, 0.717) is 5.69 Å². The molecule has 0 bridgehead atoms. The minimum atomic E-state index is -4.41. The Kier molecular flexibility index (Phi) is 3.70. The van der Waals surface area contributed by atoms with E-state index >= 15 is 0 Å². The van der Waals surface area contributed by atoms with E-state index in [2.05, 4.69) is 10.3 Å². The summed E-state index contributed by atoms with van der Waals surface area (Å²) in [6.45, 7) is 0. The standard InChI is InChI=1S/C13H10F3N3O2/c14-13(15,16)7-1-3-8(4-2-7)19-11-5-9(12(20)21)10(17)6-18-11/h1-6H,17H2,(H,18,19)(H,20,21). The molecule has 21 heavy (non-hydrogen) atoms. The van der Waals surface area contributed by atoms with Gasteiger partial charge in [0.2, 0.25) is 0 Å². The molecule has 1 aromatic heterocycles. The fraction of sp³-hybridized carbons (Fsp3) is 0.0769. The Labute approximate surface area is 117 Å². The fourth-order valence-corrected chi connectivity index (χ4v) is 1.61. The van der Waals surface area contributed by atoms with Gasteiger partial charge < -0.3 is 16.2 Å². The van der Waals surface area contributed by atoms with Gasteiger partial charge in [-0.25, -0.2) is 9.78 Å². The van der Waals surface area contributed by atoms with Crippen LogP contribution >= 0.6 is 0 Å². The lowest BCUT2D eigenvalue weighted by molar-refractivity contribution is -0.137. The number of anilines is 3. The molecule has 0 spiro atoms. The van der Waals surface area contributed by atoms with E-state index in [9.17, 15) is 18.0 Å². The summed E-state index contributed by atoms with van der Waals surface area (Å²) in [6.07, 6.45) is -3.25. The van der Waals surface area contributed by atoms with Crippen molar-refractivity contribution in [3.8, 4) is 0 Å². The van der Waals surface area contributed by atoms with Crippen LogP contribution < -0.4 is 11.1 Å². The summed E-state index contributed by atoms with van der Waals surface area (Å²) < 4.78 is 37.3. The zero-order valence-corrected chi connectivity index (χ0v) is 10.5. The summed E-state index contributed by atoms with van der Waals surface area (Å²) in [5.74, 6) is -1.05. The summed E-state index contributed by atoms with van der Waals surface area (Å²) in [5.41, 5.74) is 4.89. The first-order valence-corrected chi connectivity index (χ1v) is 5.70. The predicted molar refractivity (Wildman–Crippen MR) is 70.3 cm³/mol. The van der Waals surface area contributed by atoms with Gasteiger partial charge in [-0.2, -0.15) is 13.2 Å². The molecule has 0 amide bonds. The molecule has 0 aliphatic heterocycles. The smallest absolute Gasteiger partial charge is 0.416 e. The second-order valence-corrected chi connectivity index (χ2v) is 4.16. The highest BCUT2D eigenvalue weighted by Crippen LogP contribution is 2.30. The second kappa shape index (κ2) is 5.31. The molecule has 0 aliphatic carbocycles. The number of hydrogen-bond acceptors (Lipinski definition) is 4. The Balaban J connectivity index is 2.22. The topological polar surface area (TPSA) is 88.2 Å². The Morgan fingerprint density at radius 1 is 1.24 bits per heavy atom. The first-order chi connectivity index (χ1) is 9.77. The highest BCUT2D eigenvalue weighted by Gasteiger charge is 2.29. The largest absolute Gasteiger partial charge is 0.478 e. The van der Waals surface area contributed by atoms with Crippen molar-refractivity contribution < 1.29 is 23.1 Å². The van der Waals surface area contributed by atoms with Gasteiger partial charge in [0.05, 0.1) is 23.0 Å². The molecule has 1 heterocycles. The third-order valence-corrected chi connectivity index (χ3v) is 2.65. The summed E-state index contributed by atoms with van der Waals surface area (Å²) in [4.78, 5) is 14.8. The number of pyridine rings is 1. The lowest BCUT2D eigenvalue weighted by Crippen LogP contribution is -2.06. The molecule has 0 aliphatic rings. The average molecular weight is 297 g/mol. The van der Waals surface area contributed by atoms with Crippen molar-refractivity contribution in [2.45, 2.75) is 6.18 Å². The monoisotopic (exact) mass is 297 g/mol. The van der Waals surface area contributed by atoms with Crippen LogP contribution in [0.5, 0.6) is 0 Å². The van der Waals surface area contributed by atoms with Crippen LogP contribution in [-0.4, -0.2) is 16.1 Å². The highest BCUT2D eigenvalue weighted by molar-refractivity contribution is 5.94. The van der Waals surface area contributed by atoms with Gasteiger partial charge in [-0.3, -0.25) is 0 Å². The number of aromatic carboxylic acids is 1. The Morgan fingerprint density at radius 3 is 2.38 bits per heavy atom. The molecule has 110 valence electrons. The summed E-state index contributed by atoms with van der Waals surface area (Å²) in [5, 5.41) is 11.6. The SMILES string of the molecule is Nc1cnc(Nc2ccc(C(F)(F)F)cc2)cc1C(=O)O. The third kappa shape index (κ3) is 3.41. The van der Waals surface area contributed by atoms with Crippen molar-refractivity contribution >= 4 is 23.2 Å². The molecule has 8 heteroatoms. The second-order valence-electron chi connectivity index (χ2n) is 4.16. The summed E-state index contributed by atoms with van der Waals surface area (Å²) in [7, 11) is 0. The van der Waals surface area contributed by atoms with Crippen molar-refractivity contribution in [3.05, 3.63) is 47.7 Å². The molecule has 1 aromatic carbocycles. The van der Waals surface area contributed by atoms with Crippen LogP contribution in [0.25, 0.3) is 0 Å². The van der Waals surface area contributed by atoms with Gasteiger partial charge >= 0.3 is 12.1 Å². The third-order valence-electron chi connectivity index (χ3n) is 2.65. The maximum Gasteiger partial charge on any atom is 0.416 e. The summed E-state index contributed by atoms with van der Waals surface area (Å²) in [6, 6.07) is 5.48. The number of aromatic nitrogens is 1. The first-order valence-electron chi connectivity index (χ1n) is 5.70. The van der Waals surface area contributed by atoms with Gasteiger partial charge in [0.15, 0.2) is 0 Å². The lowest BCUT2D eigenvalue weighted by Gasteiger charge is -2.10. The van der Waals surface area contributed by atoms with Crippen molar-refractivity contribution in [2.24, 2.45) is 0 Å². The molecular weight excluding hydrogens is 287 g/mol. The van der Waals surface area contributed by atoms with Crippen LogP contribution in [0.2, 0.25) is 0 Å². The number of nitrogens with one attached hydrogen (secondary N) is 1. The zero-order valence-electron chi connectivity index (χ0n) is 10.5. The van der Waals surface area contributed by atoms with Gasteiger partial charge in [0.1, 0.15) is 5.82 Å². The number of rotatable bonds is 3. The van der Waals surface area contributed by atoms with Crippen LogP contribution in [0.3, 0.4) is 0 Å². The van der Waals surface area contributed by atoms with E-state index in [1.165, 1.54) is 18.2 Å². The number of carbonyl (C=O) groups is 1. The number of nitrogens with two attached hydrogens (primary N) is 1. The normalized spacial score (nSPS) is 11.2. The number of hydrogen-bond donors (Lipinski definition) is 3. The number of halogens is 3. The van der Waals surface area contributed by atoms with Gasteiger partial charge in [-0.15, -0.1) is 0 Å². The maximum absolute atomic E-state index is 12.4. The van der Waals surface area contributed by atoms with E-state index in [1.54, 1.807) is 0 Å². The Morgan fingerprint density at radius 2 is 1.86 bits per heavy atom. The molecule has 0 atom stereocenters. The molecule has 5 nitrogen and oxygen atoms in total. The molecule has 0 saturated carbocycles. The molecular formula is C13H10F3N3O2. The molecule has 0 unspecified atom stereocenters. The van der Waals surface area contributed by atoms with E-state index in [1.807, 2.05) is 0 Å². The minimum Gasteiger partial charge on any atom is -0.478 e. The van der Waals surface area contributed by atoms with E-state index in [0.717, 1.165) is 18.3 Å². The fourth-order valence-electron chi connectivity index (χ4n) is 1.61. The molecule has 4 N–H and O–H groups in total. The van der Waals surface area contributed by atoms with Gasteiger partial charge in [-0.05, 0) is 30.3 Å². The molecule has 2 aromatic rings. The molecule has 0 radical (unpaired) electrons. The Hall–Kier alpha value is -2.77. The van der Waals surface area contributed by atoms with E-state index in [4.69, 9.17) is 10.8 Å². The first kappa shape index (κ1) is 14.6. The van der Waals surface area contributed by atoms with Gasteiger partial charge in [0, 0.05) is 5.69 Å². The number of carboxylic acid groups (broad SMARTS) is 1. The highest BCUT2D eigenvalue weighted by atomic mass is 19.4. The Bertz CT molecular complexity index is 669. The number of nitrogens with zero attached hydrogens (tertiary/aromatic N) is 1. The average Bonchev–Trinajstić information content (AvgIpc) is 2.40. The van der Waals surface area contributed by atoms with Gasteiger partial charge in [-0.1, -0.05) is 0 Å². The van der Waals surface area contributed by atoms with Crippen molar-refractivity contribution in [1.29, 1.82) is 0 Å². The van der Waals surface area contributed by atoms with Crippen molar-refractivity contribution in [1.82, 2.24) is 4.98 Å². The quantitative estimate of drug-likeness (QED) is 0.810. The molecule has 0 fully saturated rings. The van der Waals surface area contributed by atoms with E-state index in [-0.39, 0.29) is 17.1 Å². The van der Waals surface area contributed by atoms with Crippen molar-refractivity contribution in [2.75, 3.05) is 11.1 Å². The zero-order chi connectivity index (χ0) is 15.6.